The summed E-state index contributed by atoms with van der Waals surface area (Å²) in [6.45, 7) is 1.79. The molecule has 0 atom stereocenters. The predicted molar refractivity (Wildman–Crippen MR) is 136 cm³/mol. The van der Waals surface area contributed by atoms with Crippen molar-refractivity contribution in [3.8, 4) is 22.8 Å². The molecule has 0 spiro atoms. The molecular formula is C25H22ClN5O2S. The Bertz CT molecular complexity index is 1310. The maximum Gasteiger partial charge on any atom is 0.250 e. The van der Waals surface area contributed by atoms with Crippen molar-refractivity contribution in [2.75, 3.05) is 12.9 Å². The van der Waals surface area contributed by atoms with E-state index in [2.05, 4.69) is 20.7 Å². The highest BCUT2D eigenvalue weighted by Gasteiger charge is 2.17. The number of nitrogens with one attached hydrogen (secondary N) is 1. The van der Waals surface area contributed by atoms with Crippen LogP contribution in [0.3, 0.4) is 0 Å². The Balaban J connectivity index is 1.52. The van der Waals surface area contributed by atoms with Gasteiger partial charge in [-0.05, 0) is 49.4 Å². The minimum Gasteiger partial charge on any atom is -0.497 e. The molecule has 1 amide bonds. The molecule has 1 aromatic heterocycles. The lowest BCUT2D eigenvalue weighted by Gasteiger charge is -2.10. The highest BCUT2D eigenvalue weighted by Crippen LogP contribution is 2.29. The minimum absolute atomic E-state index is 0.118. The van der Waals surface area contributed by atoms with E-state index in [0.29, 0.717) is 21.7 Å². The summed E-state index contributed by atoms with van der Waals surface area (Å²) in [5.74, 6) is 1.29. The first-order valence-electron chi connectivity index (χ1n) is 10.4. The van der Waals surface area contributed by atoms with E-state index in [9.17, 15) is 4.79 Å². The lowest BCUT2D eigenvalue weighted by Crippen LogP contribution is -2.21. The Kier molecular flexibility index (Phi) is 7.61. The number of hydrogen-bond acceptors (Lipinski definition) is 6. The van der Waals surface area contributed by atoms with Gasteiger partial charge in [0.1, 0.15) is 5.75 Å². The molecule has 3 aromatic carbocycles. The number of hydrazone groups is 1. The van der Waals surface area contributed by atoms with Crippen LogP contribution in [-0.2, 0) is 4.79 Å². The quantitative estimate of drug-likeness (QED) is 0.207. The molecule has 0 fully saturated rings. The topological polar surface area (TPSA) is 81.4 Å². The van der Waals surface area contributed by atoms with Crippen molar-refractivity contribution in [3.63, 3.8) is 0 Å². The molecule has 7 nitrogen and oxygen atoms in total. The van der Waals surface area contributed by atoms with Crippen LogP contribution < -0.4 is 10.2 Å². The van der Waals surface area contributed by atoms with E-state index in [-0.39, 0.29) is 11.7 Å². The van der Waals surface area contributed by atoms with Crippen LogP contribution in [0, 0.1) is 0 Å². The fourth-order valence-electron chi connectivity index (χ4n) is 3.22. The number of methoxy groups -OCH3 is 1. The number of carbonyl (C=O) groups excluding carboxylic acids is 1. The molecule has 0 aliphatic rings. The second-order valence-electron chi connectivity index (χ2n) is 7.21. The van der Waals surface area contributed by atoms with E-state index in [4.69, 9.17) is 16.3 Å². The molecule has 4 aromatic rings. The zero-order valence-corrected chi connectivity index (χ0v) is 20.2. The number of aromatic nitrogens is 3. The number of hydrogen-bond donors (Lipinski definition) is 1. The van der Waals surface area contributed by atoms with E-state index >= 15 is 0 Å². The van der Waals surface area contributed by atoms with Crippen molar-refractivity contribution in [1.29, 1.82) is 0 Å². The van der Waals surface area contributed by atoms with E-state index in [1.165, 1.54) is 11.8 Å². The Morgan fingerprint density at radius 1 is 1.03 bits per heavy atom. The number of halogens is 1. The van der Waals surface area contributed by atoms with Gasteiger partial charge in [0.25, 0.3) is 5.91 Å². The van der Waals surface area contributed by atoms with Gasteiger partial charge in [-0.15, -0.1) is 10.2 Å². The number of benzene rings is 3. The van der Waals surface area contributed by atoms with Crippen LogP contribution in [-0.4, -0.2) is 39.2 Å². The van der Waals surface area contributed by atoms with Crippen LogP contribution in [0.4, 0.5) is 0 Å². The first kappa shape index (κ1) is 23.5. The van der Waals surface area contributed by atoms with Crippen LogP contribution in [0.15, 0.2) is 89.1 Å². The number of carbonyl (C=O) groups is 1. The fraction of sp³-hybridized carbons (Fsp3) is 0.120. The van der Waals surface area contributed by atoms with Crippen molar-refractivity contribution in [2.24, 2.45) is 5.10 Å². The molecule has 34 heavy (non-hydrogen) atoms. The highest BCUT2D eigenvalue weighted by atomic mass is 35.5. The summed E-state index contributed by atoms with van der Waals surface area (Å²) in [6.07, 6.45) is 0. The van der Waals surface area contributed by atoms with Gasteiger partial charge in [-0.25, -0.2) is 5.43 Å². The molecule has 1 N–H and O–H groups in total. The third-order valence-electron chi connectivity index (χ3n) is 4.94. The average molecular weight is 492 g/mol. The summed E-state index contributed by atoms with van der Waals surface area (Å²) >= 11 is 7.48. The molecule has 0 unspecified atom stereocenters. The van der Waals surface area contributed by atoms with E-state index in [1.54, 1.807) is 20.1 Å². The molecule has 0 radical (unpaired) electrons. The fourth-order valence-corrected chi connectivity index (χ4v) is 4.24. The van der Waals surface area contributed by atoms with E-state index in [1.807, 2.05) is 77.4 Å². The van der Waals surface area contributed by atoms with Crippen molar-refractivity contribution in [1.82, 2.24) is 20.2 Å². The third-order valence-corrected chi connectivity index (χ3v) is 6.20. The van der Waals surface area contributed by atoms with Gasteiger partial charge in [0.2, 0.25) is 0 Å². The lowest BCUT2D eigenvalue weighted by atomic mass is 10.1. The summed E-state index contributed by atoms with van der Waals surface area (Å²) in [5.41, 5.74) is 5.76. The molecule has 0 saturated heterocycles. The Hall–Kier alpha value is -3.62. The van der Waals surface area contributed by atoms with Crippen LogP contribution in [0.25, 0.3) is 17.1 Å². The van der Waals surface area contributed by atoms with Crippen LogP contribution >= 0.6 is 23.4 Å². The number of thioether (sulfide) groups is 1. The zero-order chi connectivity index (χ0) is 23.9. The molecule has 0 aliphatic carbocycles. The van der Waals surface area contributed by atoms with E-state index in [0.717, 1.165) is 22.6 Å². The molecule has 0 aliphatic heterocycles. The number of rotatable bonds is 8. The zero-order valence-electron chi connectivity index (χ0n) is 18.6. The second-order valence-corrected chi connectivity index (χ2v) is 8.56. The van der Waals surface area contributed by atoms with Gasteiger partial charge in [0.15, 0.2) is 11.0 Å². The SMILES string of the molecule is COc1ccc(-c2nnc(SCC(=O)NN=C(C)c3ccccc3Cl)n2-c2ccccc2)cc1. The van der Waals surface area contributed by atoms with Crippen molar-refractivity contribution in [2.45, 2.75) is 12.1 Å². The van der Waals surface area contributed by atoms with Gasteiger partial charge in [-0.1, -0.05) is 59.8 Å². The van der Waals surface area contributed by atoms with Gasteiger partial charge in [0.05, 0.1) is 18.6 Å². The van der Waals surface area contributed by atoms with Gasteiger partial charge >= 0.3 is 0 Å². The average Bonchev–Trinajstić information content (AvgIpc) is 3.31. The summed E-state index contributed by atoms with van der Waals surface area (Å²) < 4.78 is 7.18. The smallest absolute Gasteiger partial charge is 0.250 e. The molecule has 172 valence electrons. The van der Waals surface area contributed by atoms with Gasteiger partial charge < -0.3 is 4.74 Å². The molecule has 4 rings (SSSR count). The first-order chi connectivity index (χ1) is 16.6. The standard InChI is InChI=1S/C25H22ClN5O2S/c1-17(21-10-6-7-11-22(21)26)27-28-23(32)16-34-25-30-29-24(18-12-14-20(33-2)15-13-18)31(25)19-8-4-3-5-9-19/h3-15H,16H2,1-2H3,(H,28,32). The van der Waals surface area contributed by atoms with Gasteiger partial charge in [-0.2, -0.15) is 5.10 Å². The van der Waals surface area contributed by atoms with Gasteiger partial charge in [-0.3, -0.25) is 9.36 Å². The molecule has 1 heterocycles. The maximum absolute atomic E-state index is 12.5. The van der Waals surface area contributed by atoms with Crippen LogP contribution in [0.1, 0.15) is 12.5 Å². The van der Waals surface area contributed by atoms with Gasteiger partial charge in [0, 0.05) is 21.8 Å². The minimum atomic E-state index is -0.259. The van der Waals surface area contributed by atoms with Crippen molar-refractivity contribution >= 4 is 35.0 Å². The third kappa shape index (κ3) is 5.47. The summed E-state index contributed by atoms with van der Waals surface area (Å²) in [6, 6.07) is 24.7. The summed E-state index contributed by atoms with van der Waals surface area (Å²) in [4.78, 5) is 12.5. The Morgan fingerprint density at radius 3 is 2.44 bits per heavy atom. The van der Waals surface area contributed by atoms with E-state index < -0.39 is 0 Å². The highest BCUT2D eigenvalue weighted by molar-refractivity contribution is 7.99. The van der Waals surface area contributed by atoms with Crippen molar-refractivity contribution < 1.29 is 9.53 Å². The normalized spacial score (nSPS) is 11.3. The lowest BCUT2D eigenvalue weighted by molar-refractivity contribution is -0.118. The molecule has 0 saturated carbocycles. The summed E-state index contributed by atoms with van der Waals surface area (Å²) in [5, 5.41) is 14.1. The van der Waals surface area contributed by atoms with Crippen molar-refractivity contribution in [3.05, 3.63) is 89.4 Å². The largest absolute Gasteiger partial charge is 0.497 e. The Morgan fingerprint density at radius 2 is 1.74 bits per heavy atom. The van der Waals surface area contributed by atoms with Crippen LogP contribution in [0.2, 0.25) is 5.02 Å². The maximum atomic E-state index is 12.5. The number of ether oxygens (including phenoxy) is 1. The molecule has 0 bridgehead atoms. The predicted octanol–water partition coefficient (Wildman–Crippen LogP) is 5.23. The molecule has 9 heteroatoms. The summed E-state index contributed by atoms with van der Waals surface area (Å²) in [7, 11) is 1.63. The number of para-hydroxylation sites is 1. The second kappa shape index (κ2) is 11.0. The van der Waals surface area contributed by atoms with Crippen LogP contribution in [0.5, 0.6) is 5.75 Å². The monoisotopic (exact) mass is 491 g/mol. The number of amides is 1. The Labute approximate surface area is 206 Å². The first-order valence-corrected chi connectivity index (χ1v) is 11.8. The number of nitrogens with zero attached hydrogens (tertiary/aromatic N) is 4. The molecular weight excluding hydrogens is 470 g/mol.